The first-order chi connectivity index (χ1) is 8.75. The van der Waals surface area contributed by atoms with Crippen molar-refractivity contribution >= 4 is 5.91 Å². The van der Waals surface area contributed by atoms with Crippen molar-refractivity contribution in [2.45, 2.75) is 31.8 Å². The Morgan fingerprint density at radius 1 is 1.39 bits per heavy atom. The molecule has 4 heteroatoms. The Morgan fingerprint density at radius 2 is 2.17 bits per heavy atom. The molecule has 0 bridgehead atoms. The van der Waals surface area contributed by atoms with Gasteiger partial charge >= 0.3 is 0 Å². The Bertz CT molecular complexity index is 385. The fourth-order valence-electron chi connectivity index (χ4n) is 2.05. The molecule has 1 amide bonds. The van der Waals surface area contributed by atoms with Crippen LogP contribution in [0.2, 0.25) is 0 Å². The van der Waals surface area contributed by atoms with Gasteiger partial charge in [-0.05, 0) is 43.4 Å². The summed E-state index contributed by atoms with van der Waals surface area (Å²) < 4.78 is 18.0. The minimum absolute atomic E-state index is 0.00777. The Balaban J connectivity index is 1.63. The van der Waals surface area contributed by atoms with Gasteiger partial charge in [0.05, 0.1) is 0 Å². The molecule has 1 atom stereocenters. The molecule has 1 aliphatic rings. The molecule has 98 valence electrons. The lowest BCUT2D eigenvalue weighted by atomic mass is 10.1. The first-order valence-electron chi connectivity index (χ1n) is 6.39. The van der Waals surface area contributed by atoms with Crippen LogP contribution < -0.4 is 5.32 Å². The van der Waals surface area contributed by atoms with E-state index in [2.05, 4.69) is 5.32 Å². The van der Waals surface area contributed by atoms with Crippen molar-refractivity contribution in [3.05, 3.63) is 35.6 Å². The number of carbonyl (C=O) groups excluding carboxylic acids is 1. The molecule has 3 nitrogen and oxygen atoms in total. The molecule has 0 saturated carbocycles. The lowest BCUT2D eigenvalue weighted by molar-refractivity contribution is -0.130. The molecule has 0 unspecified atom stereocenters. The van der Waals surface area contributed by atoms with Gasteiger partial charge in [0.25, 0.3) is 0 Å². The normalized spacial score (nSPS) is 18.8. The molecule has 1 heterocycles. The number of nitrogens with one attached hydrogen (secondary N) is 1. The number of hydrogen-bond donors (Lipinski definition) is 1. The summed E-state index contributed by atoms with van der Waals surface area (Å²) in [4.78, 5) is 11.6. The van der Waals surface area contributed by atoms with E-state index in [-0.39, 0.29) is 17.8 Å². The Labute approximate surface area is 106 Å². The molecule has 1 aliphatic heterocycles. The summed E-state index contributed by atoms with van der Waals surface area (Å²) in [5.41, 5.74) is 1.09. The van der Waals surface area contributed by atoms with E-state index >= 15 is 0 Å². The molecule has 18 heavy (non-hydrogen) atoms. The third kappa shape index (κ3) is 3.81. The summed E-state index contributed by atoms with van der Waals surface area (Å²) in [7, 11) is 0. The molecule has 0 radical (unpaired) electrons. The fraction of sp³-hybridized carbons (Fsp3) is 0.500. The van der Waals surface area contributed by atoms with Gasteiger partial charge < -0.3 is 10.1 Å². The third-order valence-corrected chi connectivity index (χ3v) is 3.08. The van der Waals surface area contributed by atoms with Crippen molar-refractivity contribution in [1.29, 1.82) is 0 Å². The predicted octanol–water partition coefficient (Wildman–Crippen LogP) is 2.05. The monoisotopic (exact) mass is 251 g/mol. The van der Waals surface area contributed by atoms with Gasteiger partial charge in [0.1, 0.15) is 11.9 Å². The molecule has 2 rings (SSSR count). The van der Waals surface area contributed by atoms with Crippen LogP contribution in [0.15, 0.2) is 24.3 Å². The van der Waals surface area contributed by atoms with Crippen LogP contribution in [0.4, 0.5) is 4.39 Å². The highest BCUT2D eigenvalue weighted by molar-refractivity contribution is 5.80. The average molecular weight is 251 g/mol. The topological polar surface area (TPSA) is 38.3 Å². The first-order valence-corrected chi connectivity index (χ1v) is 6.39. The van der Waals surface area contributed by atoms with Gasteiger partial charge in [0.2, 0.25) is 5.91 Å². The minimum atomic E-state index is -0.254. The molecular weight excluding hydrogens is 233 g/mol. The van der Waals surface area contributed by atoms with Gasteiger partial charge in [-0.15, -0.1) is 0 Å². The molecular formula is C14H18FNO2. The van der Waals surface area contributed by atoms with Crippen molar-refractivity contribution < 1.29 is 13.9 Å². The fourth-order valence-corrected chi connectivity index (χ4v) is 2.05. The maximum Gasteiger partial charge on any atom is 0.249 e. The van der Waals surface area contributed by atoms with Crippen LogP contribution in [0.1, 0.15) is 24.8 Å². The summed E-state index contributed by atoms with van der Waals surface area (Å²) in [6.07, 6.45) is 3.23. The number of rotatable bonds is 5. The van der Waals surface area contributed by atoms with Crippen LogP contribution in [-0.4, -0.2) is 25.2 Å². The number of ether oxygens (including phenoxy) is 1. The van der Waals surface area contributed by atoms with Gasteiger partial charge in [-0.2, -0.15) is 0 Å². The summed E-state index contributed by atoms with van der Waals surface area (Å²) in [5, 5.41) is 2.87. The molecule has 0 spiro atoms. The number of carbonyl (C=O) groups is 1. The van der Waals surface area contributed by atoms with E-state index in [1.54, 1.807) is 12.1 Å². The van der Waals surface area contributed by atoms with E-state index in [4.69, 9.17) is 4.74 Å². The third-order valence-electron chi connectivity index (χ3n) is 3.08. The zero-order valence-corrected chi connectivity index (χ0v) is 10.3. The van der Waals surface area contributed by atoms with E-state index in [1.165, 1.54) is 12.1 Å². The van der Waals surface area contributed by atoms with Crippen LogP contribution in [0.5, 0.6) is 0 Å². The molecule has 0 aliphatic carbocycles. The molecule has 1 N–H and O–H groups in total. The maximum absolute atomic E-state index is 12.7. The molecule has 1 aromatic rings. The van der Waals surface area contributed by atoms with Crippen molar-refractivity contribution in [2.75, 3.05) is 13.2 Å². The van der Waals surface area contributed by atoms with E-state index < -0.39 is 0 Å². The van der Waals surface area contributed by atoms with Gasteiger partial charge in [-0.25, -0.2) is 4.39 Å². The van der Waals surface area contributed by atoms with E-state index in [9.17, 15) is 9.18 Å². The lowest BCUT2D eigenvalue weighted by Gasteiger charge is -2.10. The smallest absolute Gasteiger partial charge is 0.249 e. The van der Waals surface area contributed by atoms with Crippen LogP contribution in [-0.2, 0) is 16.0 Å². The quantitative estimate of drug-likeness (QED) is 0.813. The zero-order valence-electron chi connectivity index (χ0n) is 10.3. The van der Waals surface area contributed by atoms with Gasteiger partial charge in [-0.1, -0.05) is 12.1 Å². The van der Waals surface area contributed by atoms with Crippen molar-refractivity contribution in [2.24, 2.45) is 0 Å². The van der Waals surface area contributed by atoms with Gasteiger partial charge in [0, 0.05) is 13.2 Å². The SMILES string of the molecule is O=C(NCCCc1ccc(F)cc1)[C@H]1CCCO1. The number of hydrogen-bond acceptors (Lipinski definition) is 2. The van der Waals surface area contributed by atoms with Gasteiger partial charge in [-0.3, -0.25) is 4.79 Å². The Kier molecular flexibility index (Phi) is 4.70. The predicted molar refractivity (Wildman–Crippen MR) is 66.7 cm³/mol. The maximum atomic E-state index is 12.7. The van der Waals surface area contributed by atoms with Gasteiger partial charge in [0.15, 0.2) is 0 Å². The molecule has 0 aromatic heterocycles. The van der Waals surface area contributed by atoms with Crippen molar-refractivity contribution in [3.63, 3.8) is 0 Å². The average Bonchev–Trinajstić information content (AvgIpc) is 2.90. The first kappa shape index (κ1) is 13.0. The summed E-state index contributed by atoms with van der Waals surface area (Å²) in [6, 6.07) is 6.47. The number of amides is 1. The van der Waals surface area contributed by atoms with Crippen LogP contribution in [0.3, 0.4) is 0 Å². The zero-order chi connectivity index (χ0) is 12.8. The highest BCUT2D eigenvalue weighted by atomic mass is 19.1. The van der Waals surface area contributed by atoms with Crippen LogP contribution in [0.25, 0.3) is 0 Å². The largest absolute Gasteiger partial charge is 0.368 e. The van der Waals surface area contributed by atoms with E-state index in [0.29, 0.717) is 13.2 Å². The minimum Gasteiger partial charge on any atom is -0.368 e. The van der Waals surface area contributed by atoms with Crippen LogP contribution in [0, 0.1) is 5.82 Å². The van der Waals surface area contributed by atoms with Crippen molar-refractivity contribution in [3.8, 4) is 0 Å². The molecule has 1 saturated heterocycles. The number of benzene rings is 1. The van der Waals surface area contributed by atoms with E-state index in [0.717, 1.165) is 31.2 Å². The second-order valence-corrected chi connectivity index (χ2v) is 4.52. The van der Waals surface area contributed by atoms with Crippen LogP contribution >= 0.6 is 0 Å². The number of aryl methyl sites for hydroxylation is 1. The second-order valence-electron chi connectivity index (χ2n) is 4.52. The van der Waals surface area contributed by atoms with E-state index in [1.807, 2.05) is 0 Å². The Morgan fingerprint density at radius 3 is 2.83 bits per heavy atom. The number of halogens is 1. The standard InChI is InChI=1S/C14H18FNO2/c15-12-7-5-11(6-8-12)3-1-9-16-14(17)13-4-2-10-18-13/h5-8,13H,1-4,9-10H2,(H,16,17)/t13-/m1/s1. The summed E-state index contributed by atoms with van der Waals surface area (Å²) >= 11 is 0. The summed E-state index contributed by atoms with van der Waals surface area (Å²) in [6.45, 7) is 1.32. The summed E-state index contributed by atoms with van der Waals surface area (Å²) in [5.74, 6) is -0.225. The second kappa shape index (κ2) is 6.50. The highest BCUT2D eigenvalue weighted by Crippen LogP contribution is 2.11. The Hall–Kier alpha value is -1.42. The molecule has 1 fully saturated rings. The highest BCUT2D eigenvalue weighted by Gasteiger charge is 2.22. The van der Waals surface area contributed by atoms with Crippen molar-refractivity contribution in [1.82, 2.24) is 5.32 Å². The lowest BCUT2D eigenvalue weighted by Crippen LogP contribution is -2.34. The molecule has 1 aromatic carbocycles.